The van der Waals surface area contributed by atoms with Crippen LogP contribution in [0, 0.1) is 3.57 Å². The van der Waals surface area contributed by atoms with Crippen molar-refractivity contribution >= 4 is 33.5 Å². The normalized spacial score (nSPS) is 10.6. The third kappa shape index (κ3) is 1.68. The van der Waals surface area contributed by atoms with Crippen LogP contribution in [0.15, 0.2) is 30.3 Å². The zero-order chi connectivity index (χ0) is 9.26. The Labute approximate surface area is 91.3 Å². The number of hydrogen-bond acceptors (Lipinski definition) is 1. The van der Waals surface area contributed by atoms with E-state index >= 15 is 0 Å². The molecular weight excluding hydrogens is 273 g/mol. The average Bonchev–Trinajstić information content (AvgIpc) is 2.17. The van der Waals surface area contributed by atoms with Crippen molar-refractivity contribution in [2.45, 2.75) is 13.3 Å². The van der Waals surface area contributed by atoms with E-state index < -0.39 is 0 Å². The number of benzene rings is 1. The van der Waals surface area contributed by atoms with Gasteiger partial charge in [0.2, 0.25) is 0 Å². The van der Waals surface area contributed by atoms with Crippen molar-refractivity contribution < 1.29 is 0 Å². The molecule has 66 valence electrons. The number of fused-ring (bicyclic) bond motifs is 1. The molecule has 2 heteroatoms. The summed E-state index contributed by atoms with van der Waals surface area (Å²) >= 11 is 2.35. The number of rotatable bonds is 1. The smallest absolute Gasteiger partial charge is 0.0706 e. The molecular formula is C11H10IN. The van der Waals surface area contributed by atoms with Gasteiger partial charge in [-0.25, -0.2) is 0 Å². The summed E-state index contributed by atoms with van der Waals surface area (Å²) in [5.41, 5.74) is 2.29. The summed E-state index contributed by atoms with van der Waals surface area (Å²) in [5, 5.41) is 1.23. The summed E-state index contributed by atoms with van der Waals surface area (Å²) in [7, 11) is 0. The van der Waals surface area contributed by atoms with Crippen LogP contribution >= 0.6 is 22.6 Å². The number of halogens is 1. The number of aromatic nitrogens is 1. The van der Waals surface area contributed by atoms with Gasteiger partial charge < -0.3 is 0 Å². The van der Waals surface area contributed by atoms with Crippen molar-refractivity contribution in [3.8, 4) is 0 Å². The van der Waals surface area contributed by atoms with Crippen LogP contribution < -0.4 is 0 Å². The predicted octanol–water partition coefficient (Wildman–Crippen LogP) is 3.40. The van der Waals surface area contributed by atoms with Crippen LogP contribution in [0.2, 0.25) is 0 Å². The van der Waals surface area contributed by atoms with E-state index in [0.717, 1.165) is 11.9 Å². The molecule has 1 aromatic heterocycles. The Bertz CT molecular complexity index is 437. The van der Waals surface area contributed by atoms with Crippen LogP contribution in [0.25, 0.3) is 10.9 Å². The number of aryl methyl sites for hydroxylation is 1. The second-order valence-corrected chi connectivity index (χ2v) is 4.13. The van der Waals surface area contributed by atoms with Gasteiger partial charge in [-0.05, 0) is 41.1 Å². The van der Waals surface area contributed by atoms with E-state index in [0.29, 0.717) is 0 Å². The standard InChI is InChI=1S/C11H10IN/c1-2-10-9(12)7-8-5-3-4-6-11(8)13-10/h3-7H,2H2,1H3. The molecule has 0 fully saturated rings. The molecule has 0 amide bonds. The molecule has 0 spiro atoms. The molecule has 0 unspecified atom stereocenters. The van der Waals surface area contributed by atoms with Gasteiger partial charge in [0.25, 0.3) is 0 Å². The van der Waals surface area contributed by atoms with Crippen molar-refractivity contribution in [1.82, 2.24) is 4.98 Å². The molecule has 0 bridgehead atoms. The Morgan fingerprint density at radius 1 is 1.31 bits per heavy atom. The van der Waals surface area contributed by atoms with E-state index in [9.17, 15) is 0 Å². The Kier molecular flexibility index (Phi) is 2.49. The molecule has 13 heavy (non-hydrogen) atoms. The van der Waals surface area contributed by atoms with Crippen molar-refractivity contribution in [1.29, 1.82) is 0 Å². The minimum atomic E-state index is 1.00. The molecule has 0 saturated carbocycles. The molecule has 1 nitrogen and oxygen atoms in total. The third-order valence-corrected chi connectivity index (χ3v) is 3.02. The highest BCUT2D eigenvalue weighted by atomic mass is 127. The first kappa shape index (κ1) is 8.94. The molecule has 1 aromatic carbocycles. The van der Waals surface area contributed by atoms with E-state index in [2.05, 4.69) is 52.7 Å². The van der Waals surface area contributed by atoms with Gasteiger partial charge in [0.15, 0.2) is 0 Å². The number of pyridine rings is 1. The second-order valence-electron chi connectivity index (χ2n) is 2.96. The molecule has 2 rings (SSSR count). The van der Waals surface area contributed by atoms with Crippen LogP contribution in [0.5, 0.6) is 0 Å². The first-order valence-electron chi connectivity index (χ1n) is 4.35. The minimum Gasteiger partial charge on any atom is -0.252 e. The quantitative estimate of drug-likeness (QED) is 0.731. The Balaban J connectivity index is 2.74. The Morgan fingerprint density at radius 2 is 2.08 bits per heavy atom. The fourth-order valence-corrected chi connectivity index (χ4v) is 2.22. The summed E-state index contributed by atoms with van der Waals surface area (Å²) in [5.74, 6) is 0. The highest BCUT2D eigenvalue weighted by Crippen LogP contribution is 2.18. The second kappa shape index (κ2) is 3.62. The van der Waals surface area contributed by atoms with E-state index in [1.54, 1.807) is 0 Å². The Hall–Kier alpha value is -0.640. The fraction of sp³-hybridized carbons (Fsp3) is 0.182. The Morgan fingerprint density at radius 3 is 2.85 bits per heavy atom. The average molecular weight is 283 g/mol. The van der Waals surface area contributed by atoms with Gasteiger partial charge in [0.1, 0.15) is 0 Å². The lowest BCUT2D eigenvalue weighted by Gasteiger charge is -2.02. The summed E-state index contributed by atoms with van der Waals surface area (Å²) < 4.78 is 1.26. The topological polar surface area (TPSA) is 12.9 Å². The monoisotopic (exact) mass is 283 g/mol. The maximum atomic E-state index is 4.59. The SMILES string of the molecule is CCc1nc2ccccc2cc1I. The highest BCUT2D eigenvalue weighted by Gasteiger charge is 2.01. The molecule has 0 N–H and O–H groups in total. The van der Waals surface area contributed by atoms with Crippen LogP contribution in [0.4, 0.5) is 0 Å². The van der Waals surface area contributed by atoms with Crippen LogP contribution in [0.1, 0.15) is 12.6 Å². The van der Waals surface area contributed by atoms with E-state index in [1.807, 2.05) is 12.1 Å². The summed E-state index contributed by atoms with van der Waals surface area (Å²) in [6, 6.07) is 10.4. The van der Waals surface area contributed by atoms with Gasteiger partial charge in [-0.15, -0.1) is 0 Å². The fourth-order valence-electron chi connectivity index (χ4n) is 1.38. The van der Waals surface area contributed by atoms with Crippen molar-refractivity contribution in [2.24, 2.45) is 0 Å². The lowest BCUT2D eigenvalue weighted by molar-refractivity contribution is 1.04. The molecule has 0 aliphatic heterocycles. The molecule has 2 aromatic rings. The maximum absolute atomic E-state index is 4.59. The number of hydrogen-bond donors (Lipinski definition) is 0. The van der Waals surface area contributed by atoms with Crippen molar-refractivity contribution in [3.05, 3.63) is 39.6 Å². The van der Waals surface area contributed by atoms with E-state index in [1.165, 1.54) is 14.7 Å². The van der Waals surface area contributed by atoms with Crippen molar-refractivity contribution in [2.75, 3.05) is 0 Å². The van der Waals surface area contributed by atoms with E-state index in [4.69, 9.17) is 0 Å². The summed E-state index contributed by atoms with van der Waals surface area (Å²) in [4.78, 5) is 4.59. The van der Waals surface area contributed by atoms with Crippen LogP contribution in [-0.2, 0) is 6.42 Å². The van der Waals surface area contributed by atoms with E-state index in [-0.39, 0.29) is 0 Å². The summed E-state index contributed by atoms with van der Waals surface area (Å²) in [6.07, 6.45) is 1.00. The van der Waals surface area contributed by atoms with Crippen LogP contribution in [0.3, 0.4) is 0 Å². The van der Waals surface area contributed by atoms with Gasteiger partial charge in [-0.3, -0.25) is 4.98 Å². The largest absolute Gasteiger partial charge is 0.252 e. The lowest BCUT2D eigenvalue weighted by Crippen LogP contribution is -1.92. The minimum absolute atomic E-state index is 1.00. The highest BCUT2D eigenvalue weighted by molar-refractivity contribution is 14.1. The lowest BCUT2D eigenvalue weighted by atomic mass is 10.2. The first-order chi connectivity index (χ1) is 6.31. The first-order valence-corrected chi connectivity index (χ1v) is 5.43. The third-order valence-electron chi connectivity index (χ3n) is 2.08. The van der Waals surface area contributed by atoms with Gasteiger partial charge in [-0.1, -0.05) is 25.1 Å². The van der Waals surface area contributed by atoms with Crippen LogP contribution in [-0.4, -0.2) is 4.98 Å². The molecule has 0 atom stereocenters. The summed E-state index contributed by atoms with van der Waals surface area (Å²) in [6.45, 7) is 2.14. The van der Waals surface area contributed by atoms with Gasteiger partial charge in [0.05, 0.1) is 11.2 Å². The molecule has 1 heterocycles. The van der Waals surface area contributed by atoms with Gasteiger partial charge >= 0.3 is 0 Å². The zero-order valence-electron chi connectivity index (χ0n) is 7.42. The number of para-hydroxylation sites is 1. The van der Waals surface area contributed by atoms with Gasteiger partial charge in [-0.2, -0.15) is 0 Å². The van der Waals surface area contributed by atoms with Crippen molar-refractivity contribution in [3.63, 3.8) is 0 Å². The molecule has 0 aliphatic rings. The molecule has 0 aliphatic carbocycles. The van der Waals surface area contributed by atoms with Gasteiger partial charge in [0, 0.05) is 8.96 Å². The molecule has 0 saturated heterocycles. The molecule has 0 radical (unpaired) electrons. The predicted molar refractivity (Wildman–Crippen MR) is 63.8 cm³/mol. The maximum Gasteiger partial charge on any atom is 0.0706 e. The zero-order valence-corrected chi connectivity index (χ0v) is 9.58. The number of nitrogens with zero attached hydrogens (tertiary/aromatic N) is 1.